The highest BCUT2D eigenvalue weighted by Crippen LogP contribution is 2.12. The maximum atomic E-state index is 11.5. The summed E-state index contributed by atoms with van der Waals surface area (Å²) in [5, 5.41) is 17.6. The number of rotatable bonds is 8. The van der Waals surface area contributed by atoms with Crippen molar-refractivity contribution in [2.75, 3.05) is 31.2 Å². The average molecular weight is 290 g/mol. The van der Waals surface area contributed by atoms with Gasteiger partial charge in [-0.25, -0.2) is 13.1 Å². The van der Waals surface area contributed by atoms with Crippen LogP contribution in [0.4, 0.5) is 5.69 Å². The SMILES string of the molecule is Nc1ccc(OCCS(=O)(=O)NCC(O)CO)cc1. The first-order valence-electron chi connectivity index (χ1n) is 5.67. The zero-order valence-corrected chi connectivity index (χ0v) is 11.1. The second-order valence-electron chi connectivity index (χ2n) is 3.92. The molecule has 0 fully saturated rings. The van der Waals surface area contributed by atoms with Crippen molar-refractivity contribution in [1.29, 1.82) is 0 Å². The van der Waals surface area contributed by atoms with Gasteiger partial charge < -0.3 is 20.7 Å². The molecule has 7 nitrogen and oxygen atoms in total. The largest absolute Gasteiger partial charge is 0.492 e. The third kappa shape index (κ3) is 6.39. The Morgan fingerprint density at radius 1 is 1.32 bits per heavy atom. The number of nitrogen functional groups attached to an aromatic ring is 1. The molecule has 5 N–H and O–H groups in total. The van der Waals surface area contributed by atoms with Gasteiger partial charge in [-0.3, -0.25) is 0 Å². The number of aliphatic hydroxyl groups excluding tert-OH is 2. The minimum atomic E-state index is -3.54. The summed E-state index contributed by atoms with van der Waals surface area (Å²) >= 11 is 0. The van der Waals surface area contributed by atoms with Crippen LogP contribution in [-0.2, 0) is 10.0 Å². The summed E-state index contributed by atoms with van der Waals surface area (Å²) in [6.07, 6.45) is -1.10. The summed E-state index contributed by atoms with van der Waals surface area (Å²) in [5.41, 5.74) is 6.10. The average Bonchev–Trinajstić information content (AvgIpc) is 2.38. The number of nitrogens with one attached hydrogen (secondary N) is 1. The Morgan fingerprint density at radius 2 is 1.95 bits per heavy atom. The number of anilines is 1. The van der Waals surface area contributed by atoms with E-state index in [1.165, 1.54) is 0 Å². The quantitative estimate of drug-likeness (QED) is 0.452. The van der Waals surface area contributed by atoms with Gasteiger partial charge >= 0.3 is 0 Å². The molecule has 0 spiro atoms. The molecule has 1 aromatic carbocycles. The van der Waals surface area contributed by atoms with Crippen LogP contribution < -0.4 is 15.2 Å². The van der Waals surface area contributed by atoms with Crippen LogP contribution >= 0.6 is 0 Å². The van der Waals surface area contributed by atoms with Gasteiger partial charge in [-0.2, -0.15) is 0 Å². The topological polar surface area (TPSA) is 122 Å². The molecule has 0 amide bonds. The van der Waals surface area contributed by atoms with Crippen LogP contribution in [0.25, 0.3) is 0 Å². The van der Waals surface area contributed by atoms with Gasteiger partial charge in [0.05, 0.1) is 18.5 Å². The minimum absolute atomic E-state index is 0.0194. The van der Waals surface area contributed by atoms with Crippen LogP contribution in [0.5, 0.6) is 5.75 Å². The molecule has 8 heteroatoms. The molecule has 0 bridgehead atoms. The highest BCUT2D eigenvalue weighted by atomic mass is 32.2. The van der Waals surface area contributed by atoms with Gasteiger partial charge in [-0.15, -0.1) is 0 Å². The maximum Gasteiger partial charge on any atom is 0.215 e. The molecule has 0 heterocycles. The van der Waals surface area contributed by atoms with Crippen molar-refractivity contribution in [2.45, 2.75) is 6.10 Å². The zero-order chi connectivity index (χ0) is 14.3. The molecule has 0 aliphatic rings. The Labute approximate surface area is 112 Å². The first-order chi connectivity index (χ1) is 8.93. The monoisotopic (exact) mass is 290 g/mol. The van der Waals surface area contributed by atoms with E-state index in [-0.39, 0.29) is 18.9 Å². The lowest BCUT2D eigenvalue weighted by atomic mass is 10.3. The van der Waals surface area contributed by atoms with Gasteiger partial charge in [-0.05, 0) is 24.3 Å². The minimum Gasteiger partial charge on any atom is -0.492 e. The van der Waals surface area contributed by atoms with Gasteiger partial charge in [0.2, 0.25) is 10.0 Å². The summed E-state index contributed by atoms with van der Waals surface area (Å²) in [7, 11) is -3.54. The van der Waals surface area contributed by atoms with E-state index in [1.807, 2.05) is 0 Å². The van der Waals surface area contributed by atoms with E-state index in [2.05, 4.69) is 4.72 Å². The third-order valence-electron chi connectivity index (χ3n) is 2.25. The first kappa shape index (κ1) is 15.7. The molecule has 1 atom stereocenters. The van der Waals surface area contributed by atoms with Gasteiger partial charge in [0.1, 0.15) is 12.4 Å². The van der Waals surface area contributed by atoms with Crippen LogP contribution in [0.3, 0.4) is 0 Å². The Bertz CT molecular complexity index is 474. The van der Waals surface area contributed by atoms with E-state index >= 15 is 0 Å². The number of hydrogen-bond donors (Lipinski definition) is 4. The van der Waals surface area contributed by atoms with Crippen molar-refractivity contribution < 1.29 is 23.4 Å². The van der Waals surface area contributed by atoms with Crippen molar-refractivity contribution in [1.82, 2.24) is 4.72 Å². The number of nitrogens with two attached hydrogens (primary N) is 1. The number of aliphatic hydroxyl groups is 2. The predicted octanol–water partition coefficient (Wildman–Crippen LogP) is -1.08. The van der Waals surface area contributed by atoms with Crippen molar-refractivity contribution in [3.8, 4) is 5.75 Å². The number of benzene rings is 1. The smallest absolute Gasteiger partial charge is 0.215 e. The van der Waals surface area contributed by atoms with E-state index < -0.39 is 22.7 Å². The van der Waals surface area contributed by atoms with E-state index in [4.69, 9.17) is 20.7 Å². The molecule has 108 valence electrons. The van der Waals surface area contributed by atoms with E-state index in [0.29, 0.717) is 11.4 Å². The molecular formula is C11H18N2O5S. The van der Waals surface area contributed by atoms with Crippen LogP contribution in [-0.4, -0.2) is 50.2 Å². The molecule has 1 rings (SSSR count). The predicted molar refractivity (Wildman–Crippen MR) is 71.2 cm³/mol. The molecule has 1 unspecified atom stereocenters. The van der Waals surface area contributed by atoms with Gasteiger partial charge in [-0.1, -0.05) is 0 Å². The second kappa shape index (κ2) is 7.29. The summed E-state index contributed by atoms with van der Waals surface area (Å²) < 4.78 is 30.4. The van der Waals surface area contributed by atoms with E-state index in [9.17, 15) is 8.42 Å². The van der Waals surface area contributed by atoms with Crippen LogP contribution in [0.15, 0.2) is 24.3 Å². The molecule has 0 aliphatic carbocycles. The Morgan fingerprint density at radius 3 is 2.53 bits per heavy atom. The normalized spacial score (nSPS) is 13.2. The lowest BCUT2D eigenvalue weighted by Gasteiger charge is -2.10. The highest BCUT2D eigenvalue weighted by molar-refractivity contribution is 7.89. The molecule has 0 radical (unpaired) electrons. The van der Waals surface area contributed by atoms with Crippen molar-refractivity contribution in [2.24, 2.45) is 0 Å². The Hall–Kier alpha value is -1.35. The first-order valence-corrected chi connectivity index (χ1v) is 7.33. The lowest BCUT2D eigenvalue weighted by molar-refractivity contribution is 0.0988. The van der Waals surface area contributed by atoms with E-state index in [1.54, 1.807) is 24.3 Å². The fourth-order valence-corrected chi connectivity index (χ4v) is 2.09. The Balaban J connectivity index is 2.33. The maximum absolute atomic E-state index is 11.5. The summed E-state index contributed by atoms with van der Waals surface area (Å²) in [5.74, 6) is 0.287. The third-order valence-corrected chi connectivity index (χ3v) is 3.56. The fraction of sp³-hybridized carbons (Fsp3) is 0.455. The Kier molecular flexibility index (Phi) is 6.03. The summed E-state index contributed by atoms with van der Waals surface area (Å²) in [6.45, 7) is -0.736. The highest BCUT2D eigenvalue weighted by Gasteiger charge is 2.12. The van der Waals surface area contributed by atoms with E-state index in [0.717, 1.165) is 0 Å². The molecular weight excluding hydrogens is 272 g/mol. The lowest BCUT2D eigenvalue weighted by Crippen LogP contribution is -2.36. The van der Waals surface area contributed by atoms with Gasteiger partial charge in [0, 0.05) is 12.2 Å². The van der Waals surface area contributed by atoms with Crippen LogP contribution in [0.1, 0.15) is 0 Å². The summed E-state index contributed by atoms with van der Waals surface area (Å²) in [4.78, 5) is 0. The molecule has 0 aromatic heterocycles. The van der Waals surface area contributed by atoms with Crippen molar-refractivity contribution in [3.63, 3.8) is 0 Å². The molecule has 1 aromatic rings. The van der Waals surface area contributed by atoms with Crippen molar-refractivity contribution >= 4 is 15.7 Å². The second-order valence-corrected chi connectivity index (χ2v) is 5.85. The van der Waals surface area contributed by atoms with Crippen LogP contribution in [0.2, 0.25) is 0 Å². The molecule has 0 aliphatic heterocycles. The summed E-state index contributed by atoms with van der Waals surface area (Å²) in [6, 6.07) is 6.59. The fourth-order valence-electron chi connectivity index (χ4n) is 1.19. The van der Waals surface area contributed by atoms with Crippen LogP contribution in [0, 0.1) is 0 Å². The molecule has 19 heavy (non-hydrogen) atoms. The number of hydrogen-bond acceptors (Lipinski definition) is 6. The zero-order valence-electron chi connectivity index (χ0n) is 10.3. The van der Waals surface area contributed by atoms with Crippen molar-refractivity contribution in [3.05, 3.63) is 24.3 Å². The molecule has 0 saturated heterocycles. The van der Waals surface area contributed by atoms with Gasteiger partial charge in [0.15, 0.2) is 0 Å². The van der Waals surface area contributed by atoms with Gasteiger partial charge in [0.25, 0.3) is 0 Å². The molecule has 0 saturated carbocycles. The number of ether oxygens (including phenoxy) is 1. The number of sulfonamides is 1. The standard InChI is InChI=1S/C11H18N2O5S/c12-9-1-3-11(4-2-9)18-5-6-19(16,17)13-7-10(15)8-14/h1-4,10,13-15H,5-8,12H2.